The van der Waals surface area contributed by atoms with Crippen LogP contribution in [0.1, 0.15) is 19.8 Å². The maximum Gasteiger partial charge on any atom is 0.409 e. The highest BCUT2D eigenvalue weighted by atomic mass is 16.6. The van der Waals surface area contributed by atoms with Crippen LogP contribution in [0.15, 0.2) is 0 Å². The molecule has 2 rings (SSSR count). The Morgan fingerprint density at radius 1 is 1.12 bits per heavy atom. The van der Waals surface area contributed by atoms with Crippen LogP contribution in [0.2, 0.25) is 0 Å². The van der Waals surface area contributed by atoms with Crippen molar-refractivity contribution in [1.29, 1.82) is 0 Å². The van der Waals surface area contributed by atoms with Gasteiger partial charge in [0.1, 0.15) is 0 Å². The van der Waals surface area contributed by atoms with E-state index in [-0.39, 0.29) is 17.9 Å². The molecule has 0 bridgehead atoms. The summed E-state index contributed by atoms with van der Waals surface area (Å²) in [6.07, 6.45) is 1.81. The van der Waals surface area contributed by atoms with Crippen molar-refractivity contribution in [2.75, 3.05) is 32.8 Å². The van der Waals surface area contributed by atoms with Crippen LogP contribution in [0, 0.1) is 5.92 Å². The second kappa shape index (κ2) is 4.72. The molecule has 0 aromatic carbocycles. The Bertz CT molecular complexity index is 281. The molecule has 1 aliphatic carbocycles. The van der Waals surface area contributed by atoms with E-state index in [0.29, 0.717) is 32.8 Å². The molecule has 0 atom stereocenters. The first kappa shape index (κ1) is 11.2. The lowest BCUT2D eigenvalue weighted by atomic mass is 10.3. The van der Waals surface area contributed by atoms with Gasteiger partial charge in [0.15, 0.2) is 0 Å². The van der Waals surface area contributed by atoms with Gasteiger partial charge >= 0.3 is 6.09 Å². The van der Waals surface area contributed by atoms with Crippen molar-refractivity contribution >= 4 is 12.0 Å². The predicted molar refractivity (Wildman–Crippen MR) is 57.9 cm³/mol. The Morgan fingerprint density at radius 2 is 1.69 bits per heavy atom. The van der Waals surface area contributed by atoms with Gasteiger partial charge < -0.3 is 14.5 Å². The molecule has 0 aromatic heterocycles. The summed E-state index contributed by atoms with van der Waals surface area (Å²) in [4.78, 5) is 26.7. The number of carbonyl (C=O) groups excluding carboxylic acids is 2. The molecule has 0 N–H and O–H groups in total. The number of carbonyl (C=O) groups is 2. The summed E-state index contributed by atoms with van der Waals surface area (Å²) in [5, 5.41) is 0. The number of piperazine rings is 1. The SMILES string of the molecule is CCOC(=O)N1CCN(C(=O)C2CC2)CC1. The third-order valence-corrected chi connectivity index (χ3v) is 3.04. The second-order valence-electron chi connectivity index (χ2n) is 4.29. The minimum atomic E-state index is -0.263. The smallest absolute Gasteiger partial charge is 0.409 e. The standard InChI is InChI=1S/C11H18N2O3/c1-2-16-11(15)13-7-5-12(6-8-13)10(14)9-3-4-9/h9H,2-8H2,1H3. The van der Waals surface area contributed by atoms with Gasteiger partial charge in [-0.3, -0.25) is 4.79 Å². The number of ether oxygens (including phenoxy) is 1. The molecule has 1 saturated carbocycles. The fraction of sp³-hybridized carbons (Fsp3) is 0.818. The largest absolute Gasteiger partial charge is 0.450 e. The van der Waals surface area contributed by atoms with Crippen molar-refractivity contribution in [1.82, 2.24) is 9.80 Å². The first-order valence-electron chi connectivity index (χ1n) is 5.93. The molecule has 1 aliphatic heterocycles. The van der Waals surface area contributed by atoms with Crippen molar-refractivity contribution in [3.8, 4) is 0 Å². The Morgan fingerprint density at radius 3 is 2.19 bits per heavy atom. The van der Waals surface area contributed by atoms with Crippen molar-refractivity contribution < 1.29 is 14.3 Å². The van der Waals surface area contributed by atoms with Gasteiger partial charge in [0.2, 0.25) is 5.91 Å². The molecule has 5 nitrogen and oxygen atoms in total. The first-order valence-corrected chi connectivity index (χ1v) is 5.93. The third-order valence-electron chi connectivity index (χ3n) is 3.04. The van der Waals surface area contributed by atoms with Gasteiger partial charge in [-0.15, -0.1) is 0 Å². The Kier molecular flexibility index (Phi) is 3.31. The summed E-state index contributed by atoms with van der Waals surface area (Å²) >= 11 is 0. The minimum absolute atomic E-state index is 0.263. The highest BCUT2D eigenvalue weighted by molar-refractivity contribution is 5.81. The van der Waals surface area contributed by atoms with Gasteiger partial charge in [0.25, 0.3) is 0 Å². The third kappa shape index (κ3) is 2.46. The molecule has 1 saturated heterocycles. The first-order chi connectivity index (χ1) is 7.72. The van der Waals surface area contributed by atoms with Crippen LogP contribution in [0.4, 0.5) is 4.79 Å². The fourth-order valence-corrected chi connectivity index (χ4v) is 1.91. The fourth-order valence-electron chi connectivity index (χ4n) is 1.91. The second-order valence-corrected chi connectivity index (χ2v) is 4.29. The Labute approximate surface area is 95.3 Å². The highest BCUT2D eigenvalue weighted by Crippen LogP contribution is 2.31. The molecule has 0 aromatic rings. The van der Waals surface area contributed by atoms with E-state index in [0.717, 1.165) is 12.8 Å². The lowest BCUT2D eigenvalue weighted by molar-refractivity contribution is -0.134. The van der Waals surface area contributed by atoms with Gasteiger partial charge in [-0.25, -0.2) is 4.79 Å². The molecule has 2 fully saturated rings. The topological polar surface area (TPSA) is 49.9 Å². The molecule has 16 heavy (non-hydrogen) atoms. The van der Waals surface area contributed by atoms with E-state index < -0.39 is 0 Å². The minimum Gasteiger partial charge on any atom is -0.450 e. The van der Waals surface area contributed by atoms with Crippen LogP contribution in [0.25, 0.3) is 0 Å². The average Bonchev–Trinajstić information content (AvgIpc) is 3.12. The molecular formula is C11H18N2O3. The summed E-state index contributed by atoms with van der Waals surface area (Å²) in [6.45, 7) is 4.68. The number of amides is 2. The lowest BCUT2D eigenvalue weighted by Crippen LogP contribution is -2.51. The zero-order valence-electron chi connectivity index (χ0n) is 9.65. The summed E-state index contributed by atoms with van der Waals surface area (Å²) in [5.41, 5.74) is 0. The Balaban J connectivity index is 1.77. The van der Waals surface area contributed by atoms with Crippen LogP contribution in [-0.2, 0) is 9.53 Å². The number of hydrogen-bond acceptors (Lipinski definition) is 3. The maximum absolute atomic E-state index is 11.8. The molecule has 1 heterocycles. The van der Waals surface area contributed by atoms with E-state index in [1.165, 1.54) is 0 Å². The number of nitrogens with zero attached hydrogens (tertiary/aromatic N) is 2. The van der Waals surface area contributed by atoms with E-state index in [1.54, 1.807) is 11.8 Å². The zero-order chi connectivity index (χ0) is 11.5. The number of hydrogen-bond donors (Lipinski definition) is 0. The van der Waals surface area contributed by atoms with Gasteiger partial charge in [0.05, 0.1) is 6.61 Å². The van der Waals surface area contributed by atoms with Crippen LogP contribution in [0.5, 0.6) is 0 Å². The normalized spacial score (nSPS) is 20.8. The van der Waals surface area contributed by atoms with Crippen molar-refractivity contribution in [3.63, 3.8) is 0 Å². The highest BCUT2D eigenvalue weighted by Gasteiger charge is 2.35. The summed E-state index contributed by atoms with van der Waals surface area (Å²) < 4.78 is 4.92. The summed E-state index contributed by atoms with van der Waals surface area (Å²) in [5.74, 6) is 0.539. The van der Waals surface area contributed by atoms with Gasteiger partial charge in [-0.1, -0.05) is 0 Å². The molecule has 90 valence electrons. The maximum atomic E-state index is 11.8. The molecular weight excluding hydrogens is 208 g/mol. The molecule has 0 spiro atoms. The molecule has 0 radical (unpaired) electrons. The zero-order valence-corrected chi connectivity index (χ0v) is 9.65. The monoisotopic (exact) mass is 226 g/mol. The van der Waals surface area contributed by atoms with E-state index in [9.17, 15) is 9.59 Å². The van der Waals surface area contributed by atoms with Crippen LogP contribution in [0.3, 0.4) is 0 Å². The van der Waals surface area contributed by atoms with Gasteiger partial charge in [-0.05, 0) is 19.8 Å². The molecule has 2 amide bonds. The van der Waals surface area contributed by atoms with Crippen molar-refractivity contribution in [3.05, 3.63) is 0 Å². The molecule has 5 heteroatoms. The van der Waals surface area contributed by atoms with Gasteiger partial charge in [-0.2, -0.15) is 0 Å². The van der Waals surface area contributed by atoms with Crippen LogP contribution < -0.4 is 0 Å². The predicted octanol–water partition coefficient (Wildman–Crippen LogP) is 0.697. The summed E-state index contributed by atoms with van der Waals surface area (Å²) in [6, 6.07) is 0. The summed E-state index contributed by atoms with van der Waals surface area (Å²) in [7, 11) is 0. The van der Waals surface area contributed by atoms with Crippen molar-refractivity contribution in [2.45, 2.75) is 19.8 Å². The average molecular weight is 226 g/mol. The number of rotatable bonds is 2. The van der Waals surface area contributed by atoms with E-state index >= 15 is 0 Å². The van der Waals surface area contributed by atoms with E-state index in [1.807, 2.05) is 4.90 Å². The van der Waals surface area contributed by atoms with Crippen LogP contribution >= 0.6 is 0 Å². The lowest BCUT2D eigenvalue weighted by Gasteiger charge is -2.34. The van der Waals surface area contributed by atoms with E-state index in [4.69, 9.17) is 4.74 Å². The molecule has 2 aliphatic rings. The van der Waals surface area contributed by atoms with Crippen molar-refractivity contribution in [2.24, 2.45) is 5.92 Å². The van der Waals surface area contributed by atoms with Crippen LogP contribution in [-0.4, -0.2) is 54.6 Å². The van der Waals surface area contributed by atoms with Gasteiger partial charge in [0, 0.05) is 32.1 Å². The quantitative estimate of drug-likeness (QED) is 0.696. The Hall–Kier alpha value is -1.26. The molecule has 0 unspecified atom stereocenters. The van der Waals surface area contributed by atoms with E-state index in [2.05, 4.69) is 0 Å².